The lowest BCUT2D eigenvalue weighted by Crippen LogP contribution is -2.45. The molecular weight excluding hydrogens is 870 g/mol. The van der Waals surface area contributed by atoms with Crippen LogP contribution in [0.5, 0.6) is 11.5 Å². The van der Waals surface area contributed by atoms with Gasteiger partial charge >= 0.3 is 12.4 Å². The zero-order valence-corrected chi connectivity index (χ0v) is 34.5. The number of alkyl halides is 6. The van der Waals surface area contributed by atoms with Crippen LogP contribution in [0.25, 0.3) is 0 Å². The molecule has 344 valence electrons. The van der Waals surface area contributed by atoms with Crippen LogP contribution < -0.4 is 30.7 Å². The van der Waals surface area contributed by atoms with Crippen LogP contribution in [-0.2, 0) is 31.5 Å². The van der Waals surface area contributed by atoms with Crippen molar-refractivity contribution in [1.29, 1.82) is 0 Å². The number of carbonyl (C=O) groups excluding carboxylic acids is 4. The Morgan fingerprint density at radius 2 is 0.906 bits per heavy atom. The molecule has 0 aliphatic heterocycles. The molecule has 2 atom stereocenters. The molecule has 2 unspecified atom stereocenters. The molecule has 4 amide bonds. The lowest BCUT2D eigenvalue weighted by Gasteiger charge is -2.23. The lowest BCUT2D eigenvalue weighted by atomic mass is 10.1. The predicted octanol–water partition coefficient (Wildman–Crippen LogP) is 7.30. The minimum atomic E-state index is -4.79. The van der Waals surface area contributed by atoms with E-state index in [2.05, 4.69) is 21.3 Å². The number of nitrogens with one attached hydrogen (secondary N) is 4. The summed E-state index contributed by atoms with van der Waals surface area (Å²) in [5.74, 6) is -3.82. The van der Waals surface area contributed by atoms with Gasteiger partial charge in [-0.25, -0.2) is 0 Å². The Morgan fingerprint density at radius 1 is 0.578 bits per heavy atom. The van der Waals surface area contributed by atoms with Gasteiger partial charge in [-0.15, -0.1) is 0 Å². The van der Waals surface area contributed by atoms with Gasteiger partial charge in [0.15, 0.2) is 11.2 Å². The topological polar surface area (TPSA) is 262 Å². The molecule has 0 saturated heterocycles. The van der Waals surface area contributed by atoms with Crippen LogP contribution in [0.15, 0.2) is 72.8 Å². The van der Waals surface area contributed by atoms with Gasteiger partial charge in [-0.1, -0.05) is 0 Å². The van der Waals surface area contributed by atoms with Crippen LogP contribution in [0.4, 0.5) is 60.5 Å². The van der Waals surface area contributed by atoms with Crippen molar-refractivity contribution in [1.82, 2.24) is 0 Å². The highest BCUT2D eigenvalue weighted by Crippen LogP contribution is 2.39. The van der Waals surface area contributed by atoms with Crippen molar-refractivity contribution in [2.45, 2.75) is 65.1 Å². The Hall–Kier alpha value is -7.34. The van der Waals surface area contributed by atoms with E-state index < -0.39 is 92.7 Å². The van der Waals surface area contributed by atoms with Crippen molar-refractivity contribution in [3.05, 3.63) is 115 Å². The summed E-state index contributed by atoms with van der Waals surface area (Å²) in [4.78, 5) is 67.6. The molecule has 0 aliphatic rings. The van der Waals surface area contributed by atoms with Crippen LogP contribution in [-0.4, -0.2) is 68.1 Å². The smallest absolute Gasteiger partial charge is 0.418 e. The summed E-state index contributed by atoms with van der Waals surface area (Å²) in [6.45, 7) is 5.87. The molecule has 0 aromatic heterocycles. The van der Waals surface area contributed by atoms with Crippen LogP contribution in [0.3, 0.4) is 0 Å². The monoisotopic (exact) mass is 910 g/mol. The van der Waals surface area contributed by atoms with Gasteiger partial charge in [0.25, 0.3) is 23.2 Å². The number of nitro groups is 2. The van der Waals surface area contributed by atoms with Gasteiger partial charge in [-0.2, -0.15) is 26.3 Å². The molecule has 0 bridgehead atoms. The minimum absolute atomic E-state index is 0.152. The first-order chi connectivity index (χ1) is 29.4. The number of halogens is 6. The molecule has 0 aliphatic carbocycles. The van der Waals surface area contributed by atoms with Gasteiger partial charge in [0.05, 0.1) is 32.3 Å². The largest absolute Gasteiger partial charge is 0.490 e. The number of hydrogen-bond acceptors (Lipinski definition) is 12. The van der Waals surface area contributed by atoms with Crippen LogP contribution in [0.1, 0.15) is 49.9 Å². The van der Waals surface area contributed by atoms with E-state index in [1.165, 1.54) is 50.2 Å². The zero-order chi connectivity index (χ0) is 48.5. The molecule has 4 aromatic carbocycles. The average molecular weight is 911 g/mol. The molecule has 0 heterocycles. The fraction of sp³-hybridized carbons (Fsp3) is 0.300. The SMILES string of the molecule is CC(=O)Nc1ccc(OCC(C)(O)C(=O)Nc2ccc([N+](=O)[O-])c(C)c2)cc1C(F)(F)F.CC(=O)Nc1ccc(OCC(C)(O)C(=O)Nc2ccc([N+](=O)[O-])c(C)c2)cc1C(F)(F)F. The second-order valence-corrected chi connectivity index (χ2v) is 14.3. The molecule has 64 heavy (non-hydrogen) atoms. The third kappa shape index (κ3) is 14.4. The van der Waals surface area contributed by atoms with Crippen molar-refractivity contribution >= 4 is 57.8 Å². The quantitative estimate of drug-likeness (QED) is 0.0414. The van der Waals surface area contributed by atoms with Crippen molar-refractivity contribution in [3.8, 4) is 11.5 Å². The summed E-state index contributed by atoms with van der Waals surface area (Å²) in [5, 5.41) is 51.4. The van der Waals surface area contributed by atoms with Gasteiger partial charge in [-0.05, 0) is 88.4 Å². The first-order valence-electron chi connectivity index (χ1n) is 18.2. The summed E-state index contributed by atoms with van der Waals surface area (Å²) in [5.41, 5.74) is -6.92. The molecule has 0 radical (unpaired) electrons. The third-order valence-electron chi connectivity index (χ3n) is 8.54. The maximum absolute atomic E-state index is 13.3. The first kappa shape index (κ1) is 51.0. The van der Waals surface area contributed by atoms with Gasteiger partial charge in [0.2, 0.25) is 11.8 Å². The van der Waals surface area contributed by atoms with E-state index in [-0.39, 0.29) is 45.4 Å². The summed E-state index contributed by atoms with van der Waals surface area (Å²) < 4.78 is 90.0. The number of carbonyl (C=O) groups is 4. The summed E-state index contributed by atoms with van der Waals surface area (Å²) >= 11 is 0. The number of nitro benzene ring substituents is 2. The number of anilines is 4. The Balaban J connectivity index is 0.000000340. The first-order valence-corrected chi connectivity index (χ1v) is 18.2. The number of amides is 4. The van der Waals surface area contributed by atoms with E-state index in [4.69, 9.17) is 9.47 Å². The summed E-state index contributed by atoms with van der Waals surface area (Å²) in [6.07, 6.45) is -9.57. The highest BCUT2D eigenvalue weighted by atomic mass is 19.4. The van der Waals surface area contributed by atoms with Crippen molar-refractivity contribution < 1.29 is 75.1 Å². The zero-order valence-electron chi connectivity index (χ0n) is 34.5. The number of benzene rings is 4. The van der Waals surface area contributed by atoms with E-state index in [0.29, 0.717) is 12.1 Å². The fourth-order valence-electron chi connectivity index (χ4n) is 5.28. The molecule has 4 rings (SSSR count). The third-order valence-corrected chi connectivity index (χ3v) is 8.54. The Kier molecular flexibility index (Phi) is 16.1. The van der Waals surface area contributed by atoms with E-state index >= 15 is 0 Å². The number of rotatable bonds is 14. The number of aryl methyl sites for hydroxylation is 2. The molecule has 0 fully saturated rings. The molecular formula is C40H40F6N6O12. The minimum Gasteiger partial charge on any atom is -0.490 e. The highest BCUT2D eigenvalue weighted by Gasteiger charge is 2.37. The van der Waals surface area contributed by atoms with Crippen LogP contribution in [0, 0.1) is 34.1 Å². The maximum Gasteiger partial charge on any atom is 0.418 e. The molecule has 0 spiro atoms. The lowest BCUT2D eigenvalue weighted by molar-refractivity contribution is -0.385. The standard InChI is InChI=1S/2C20H20F3N3O6/c2*1-11-8-13(4-7-17(11)26(30)31)25-18(28)19(3,29)10-32-14-5-6-16(24-12(2)27)15(9-14)20(21,22)23/h2*4-9,29H,10H2,1-3H3,(H,24,27)(H,25,28). The fourth-order valence-corrected chi connectivity index (χ4v) is 5.28. The van der Waals surface area contributed by atoms with Gasteiger partial charge < -0.3 is 41.0 Å². The summed E-state index contributed by atoms with van der Waals surface area (Å²) in [7, 11) is 0. The van der Waals surface area contributed by atoms with Gasteiger partial charge in [-0.3, -0.25) is 39.4 Å². The van der Waals surface area contributed by atoms with Crippen molar-refractivity contribution in [2.75, 3.05) is 34.5 Å². The van der Waals surface area contributed by atoms with Gasteiger partial charge in [0, 0.05) is 48.5 Å². The molecule has 6 N–H and O–H groups in total. The maximum atomic E-state index is 13.3. The molecule has 4 aromatic rings. The average Bonchev–Trinajstić information content (AvgIpc) is 3.16. The van der Waals surface area contributed by atoms with Gasteiger partial charge in [0.1, 0.15) is 24.7 Å². The second kappa shape index (κ2) is 20.2. The van der Waals surface area contributed by atoms with E-state index in [1.807, 2.05) is 0 Å². The van der Waals surface area contributed by atoms with Crippen molar-refractivity contribution in [2.24, 2.45) is 0 Å². The number of aliphatic hydroxyl groups is 2. The van der Waals surface area contributed by atoms with Crippen molar-refractivity contribution in [3.63, 3.8) is 0 Å². The number of hydrogen-bond donors (Lipinski definition) is 6. The normalized spacial score (nSPS) is 13.1. The number of ether oxygens (including phenoxy) is 2. The highest BCUT2D eigenvalue weighted by molar-refractivity contribution is 5.98. The Labute approximate surface area is 358 Å². The molecule has 18 nitrogen and oxygen atoms in total. The second-order valence-electron chi connectivity index (χ2n) is 14.3. The Bertz CT molecular complexity index is 2270. The van der Waals surface area contributed by atoms with E-state index in [0.717, 1.165) is 52.0 Å². The predicted molar refractivity (Wildman–Crippen MR) is 217 cm³/mol. The number of nitrogens with zero attached hydrogens (tertiary/aromatic N) is 2. The van der Waals surface area contributed by atoms with E-state index in [1.54, 1.807) is 0 Å². The van der Waals surface area contributed by atoms with Crippen LogP contribution >= 0.6 is 0 Å². The van der Waals surface area contributed by atoms with Crippen LogP contribution in [0.2, 0.25) is 0 Å². The molecule has 24 heteroatoms. The Morgan fingerprint density at radius 3 is 1.17 bits per heavy atom. The summed E-state index contributed by atoms with van der Waals surface area (Å²) in [6, 6.07) is 13.2. The molecule has 0 saturated carbocycles. The van der Waals surface area contributed by atoms with E-state index in [9.17, 15) is 76.0 Å².